The molecule has 1 aromatic heterocycles. The van der Waals surface area contributed by atoms with Gasteiger partial charge in [-0.1, -0.05) is 18.7 Å². The fourth-order valence-corrected chi connectivity index (χ4v) is 4.66. The first-order valence-electron chi connectivity index (χ1n) is 9.76. The molecule has 0 radical (unpaired) electrons. The summed E-state index contributed by atoms with van der Waals surface area (Å²) in [6, 6.07) is 10.4. The number of benzene rings is 2. The molecule has 1 aliphatic rings. The Morgan fingerprint density at radius 2 is 2.07 bits per heavy atom. The van der Waals surface area contributed by atoms with Gasteiger partial charge in [0.15, 0.2) is 5.16 Å². The van der Waals surface area contributed by atoms with E-state index < -0.39 is 4.92 Å². The fraction of sp³-hybridized carbons (Fsp3) is 0.333. The molecule has 1 amide bonds. The number of amides is 1. The molecule has 0 spiro atoms. The van der Waals surface area contributed by atoms with Crippen LogP contribution < -0.4 is 0 Å². The summed E-state index contributed by atoms with van der Waals surface area (Å²) in [7, 11) is 0. The van der Waals surface area contributed by atoms with E-state index in [-0.39, 0.29) is 23.2 Å². The molecule has 30 heavy (non-hydrogen) atoms. The van der Waals surface area contributed by atoms with E-state index in [2.05, 4.69) is 11.9 Å². The van der Waals surface area contributed by atoms with Crippen LogP contribution in [-0.2, 0) is 4.79 Å². The summed E-state index contributed by atoms with van der Waals surface area (Å²) in [5.74, 6) is 0.411. The number of imidazole rings is 1. The van der Waals surface area contributed by atoms with Gasteiger partial charge < -0.3 is 4.90 Å². The average Bonchev–Trinajstić information content (AvgIpc) is 3.10. The van der Waals surface area contributed by atoms with Crippen LogP contribution in [0, 0.1) is 21.8 Å². The van der Waals surface area contributed by atoms with Crippen LogP contribution in [0.15, 0.2) is 47.6 Å². The third kappa shape index (κ3) is 4.16. The SMILES string of the molecule is C[C@H]1CCCN(C(=O)CSc2nc3cc([N+](=O)[O-])ccc3n2-c2ccc(F)cc2)C1. The number of rotatable bonds is 5. The van der Waals surface area contributed by atoms with Crippen molar-refractivity contribution >= 4 is 34.4 Å². The monoisotopic (exact) mass is 428 g/mol. The Kier molecular flexibility index (Phi) is 5.72. The minimum atomic E-state index is -0.468. The second kappa shape index (κ2) is 8.43. The van der Waals surface area contributed by atoms with Gasteiger partial charge in [-0.3, -0.25) is 19.5 Å². The smallest absolute Gasteiger partial charge is 0.271 e. The van der Waals surface area contributed by atoms with Crippen LogP contribution in [0.25, 0.3) is 16.7 Å². The number of piperidine rings is 1. The first-order valence-corrected chi connectivity index (χ1v) is 10.7. The number of non-ortho nitro benzene ring substituents is 1. The third-order valence-corrected chi connectivity index (χ3v) is 6.16. The number of nitro groups is 1. The first kappa shape index (κ1) is 20.3. The van der Waals surface area contributed by atoms with Gasteiger partial charge in [-0.2, -0.15) is 0 Å². The number of nitro benzene ring substituents is 1. The lowest BCUT2D eigenvalue weighted by atomic mass is 10.0. The predicted octanol–water partition coefficient (Wildman–Crippen LogP) is 4.42. The van der Waals surface area contributed by atoms with Gasteiger partial charge in [0.05, 0.1) is 21.7 Å². The average molecular weight is 428 g/mol. The van der Waals surface area contributed by atoms with Crippen LogP contribution in [-0.4, -0.2) is 44.1 Å². The Morgan fingerprint density at radius 1 is 1.30 bits per heavy atom. The molecule has 0 N–H and O–H groups in total. The van der Waals surface area contributed by atoms with Gasteiger partial charge in [0.2, 0.25) is 5.91 Å². The highest BCUT2D eigenvalue weighted by molar-refractivity contribution is 7.99. The molecule has 1 atom stereocenters. The molecule has 1 saturated heterocycles. The summed E-state index contributed by atoms with van der Waals surface area (Å²) in [5, 5.41) is 11.7. The van der Waals surface area contributed by atoms with Crippen LogP contribution in [0.4, 0.5) is 10.1 Å². The number of hydrogen-bond donors (Lipinski definition) is 0. The number of carbonyl (C=O) groups is 1. The lowest BCUT2D eigenvalue weighted by Gasteiger charge is -2.30. The molecule has 7 nitrogen and oxygen atoms in total. The van der Waals surface area contributed by atoms with E-state index in [1.54, 1.807) is 22.8 Å². The van der Waals surface area contributed by atoms with Crippen LogP contribution in [0.3, 0.4) is 0 Å². The number of aromatic nitrogens is 2. The van der Waals surface area contributed by atoms with Crippen molar-refractivity contribution in [2.75, 3.05) is 18.8 Å². The second-order valence-corrected chi connectivity index (χ2v) is 8.45. The lowest BCUT2D eigenvalue weighted by Crippen LogP contribution is -2.40. The Bertz CT molecular complexity index is 1100. The van der Waals surface area contributed by atoms with Crippen molar-refractivity contribution in [1.29, 1.82) is 0 Å². The summed E-state index contributed by atoms with van der Waals surface area (Å²) in [5.41, 5.74) is 1.74. The predicted molar refractivity (Wildman–Crippen MR) is 113 cm³/mol. The Labute approximate surface area is 177 Å². The van der Waals surface area contributed by atoms with Gasteiger partial charge in [0.25, 0.3) is 5.69 Å². The van der Waals surface area contributed by atoms with Gasteiger partial charge >= 0.3 is 0 Å². The zero-order chi connectivity index (χ0) is 21.3. The number of halogens is 1. The summed E-state index contributed by atoms with van der Waals surface area (Å²) < 4.78 is 15.2. The highest BCUT2D eigenvalue weighted by Gasteiger charge is 2.22. The second-order valence-electron chi connectivity index (χ2n) is 7.51. The van der Waals surface area contributed by atoms with Crippen molar-refractivity contribution in [3.63, 3.8) is 0 Å². The molecule has 0 unspecified atom stereocenters. The Balaban J connectivity index is 1.66. The zero-order valence-corrected chi connectivity index (χ0v) is 17.3. The topological polar surface area (TPSA) is 81.3 Å². The molecule has 1 aliphatic heterocycles. The van der Waals surface area contributed by atoms with Crippen LogP contribution in [0.2, 0.25) is 0 Å². The van der Waals surface area contributed by atoms with Gasteiger partial charge in [0, 0.05) is 30.9 Å². The lowest BCUT2D eigenvalue weighted by molar-refractivity contribution is -0.384. The van der Waals surface area contributed by atoms with Crippen molar-refractivity contribution in [3.8, 4) is 5.69 Å². The van der Waals surface area contributed by atoms with Crippen LogP contribution in [0.1, 0.15) is 19.8 Å². The maximum Gasteiger partial charge on any atom is 0.271 e. The molecular formula is C21H21FN4O3S. The maximum atomic E-state index is 13.4. The molecule has 0 bridgehead atoms. The molecule has 4 rings (SSSR count). The number of thioether (sulfide) groups is 1. The zero-order valence-electron chi connectivity index (χ0n) is 16.5. The summed E-state index contributed by atoms with van der Waals surface area (Å²) in [6.45, 7) is 3.68. The van der Waals surface area contributed by atoms with E-state index in [1.807, 2.05) is 4.90 Å². The van der Waals surface area contributed by atoms with E-state index in [0.717, 1.165) is 25.9 Å². The van der Waals surface area contributed by atoms with Crippen molar-refractivity contribution in [2.45, 2.75) is 24.9 Å². The summed E-state index contributed by atoms with van der Waals surface area (Å²) >= 11 is 1.29. The minimum absolute atomic E-state index is 0.0512. The summed E-state index contributed by atoms with van der Waals surface area (Å²) in [6.07, 6.45) is 2.14. The van der Waals surface area contributed by atoms with Gasteiger partial charge in [0.1, 0.15) is 5.82 Å². The molecular weight excluding hydrogens is 407 g/mol. The Hall–Kier alpha value is -2.94. The van der Waals surface area contributed by atoms with Gasteiger partial charge in [-0.05, 0) is 49.1 Å². The molecule has 2 heterocycles. The molecule has 9 heteroatoms. The molecule has 0 saturated carbocycles. The van der Waals surface area contributed by atoms with E-state index in [0.29, 0.717) is 27.8 Å². The van der Waals surface area contributed by atoms with Gasteiger partial charge in [-0.25, -0.2) is 9.37 Å². The normalized spacial score (nSPS) is 16.7. The van der Waals surface area contributed by atoms with E-state index >= 15 is 0 Å². The van der Waals surface area contributed by atoms with Gasteiger partial charge in [-0.15, -0.1) is 0 Å². The minimum Gasteiger partial charge on any atom is -0.342 e. The van der Waals surface area contributed by atoms with E-state index in [4.69, 9.17) is 0 Å². The quantitative estimate of drug-likeness (QED) is 0.341. The molecule has 0 aliphatic carbocycles. The highest BCUT2D eigenvalue weighted by Crippen LogP contribution is 2.30. The van der Waals surface area contributed by atoms with Crippen molar-refractivity contribution in [1.82, 2.24) is 14.5 Å². The third-order valence-electron chi connectivity index (χ3n) is 5.24. The Morgan fingerprint density at radius 3 is 2.77 bits per heavy atom. The van der Waals surface area contributed by atoms with Crippen molar-refractivity contribution < 1.29 is 14.1 Å². The van der Waals surface area contributed by atoms with Crippen molar-refractivity contribution in [3.05, 3.63) is 58.4 Å². The van der Waals surface area contributed by atoms with Crippen LogP contribution in [0.5, 0.6) is 0 Å². The largest absolute Gasteiger partial charge is 0.342 e. The number of nitrogens with zero attached hydrogens (tertiary/aromatic N) is 4. The van der Waals surface area contributed by atoms with E-state index in [9.17, 15) is 19.3 Å². The number of hydrogen-bond acceptors (Lipinski definition) is 5. The number of fused-ring (bicyclic) bond motifs is 1. The standard InChI is InChI=1S/C21H21FN4O3S/c1-14-3-2-10-24(12-14)20(27)13-30-21-23-18-11-17(26(28)29)8-9-19(18)25(21)16-6-4-15(22)5-7-16/h4-9,11,14H,2-3,10,12-13H2,1H3/t14-/m0/s1. The van der Waals surface area contributed by atoms with Crippen molar-refractivity contribution in [2.24, 2.45) is 5.92 Å². The maximum absolute atomic E-state index is 13.4. The first-order chi connectivity index (χ1) is 14.4. The number of carbonyl (C=O) groups excluding carboxylic acids is 1. The van der Waals surface area contributed by atoms with E-state index in [1.165, 1.54) is 36.0 Å². The fourth-order valence-electron chi connectivity index (χ4n) is 3.73. The molecule has 156 valence electrons. The highest BCUT2D eigenvalue weighted by atomic mass is 32.2. The molecule has 1 fully saturated rings. The molecule has 2 aromatic carbocycles. The molecule has 3 aromatic rings. The summed E-state index contributed by atoms with van der Waals surface area (Å²) in [4.78, 5) is 29.8. The number of likely N-dealkylation sites (tertiary alicyclic amines) is 1. The van der Waals surface area contributed by atoms with Crippen LogP contribution >= 0.6 is 11.8 Å².